The van der Waals surface area contributed by atoms with Crippen LogP contribution in [0.1, 0.15) is 16.1 Å². The summed E-state index contributed by atoms with van der Waals surface area (Å²) in [6.07, 6.45) is 0. The van der Waals surface area contributed by atoms with Crippen LogP contribution >= 0.6 is 0 Å². The van der Waals surface area contributed by atoms with Crippen molar-refractivity contribution in [3.05, 3.63) is 35.5 Å². The molecule has 1 aliphatic carbocycles. The number of carboxylic acids is 1. The average Bonchev–Trinajstić information content (AvgIpc) is 2.96. The number of rotatable bonds is 3. The zero-order valence-electron chi connectivity index (χ0n) is 13.7. The molecule has 8 nitrogen and oxygen atoms in total. The lowest BCUT2D eigenvalue weighted by molar-refractivity contribution is -0.122. The van der Waals surface area contributed by atoms with Crippen LogP contribution in [0.25, 0.3) is 10.9 Å². The zero-order chi connectivity index (χ0) is 17.9. The number of carbonyl (C=O) groups is 3. The standard InChI is InChI=1S/C17H18N4O4/c1-19-12(16(24)25)9-10-3-2-4-11(13(10)19)17(14(22)15(17)23)20-5-7-21(18)8-6-20/h2-4,9H,5-8,18H2,1H3,(H,24,25). The smallest absolute Gasteiger partial charge is 0.352 e. The lowest BCUT2D eigenvalue weighted by Gasteiger charge is -2.36. The van der Waals surface area contributed by atoms with Gasteiger partial charge in [0, 0.05) is 44.2 Å². The van der Waals surface area contributed by atoms with Gasteiger partial charge in [0.05, 0.1) is 5.52 Å². The van der Waals surface area contributed by atoms with Crippen molar-refractivity contribution in [3.63, 3.8) is 0 Å². The van der Waals surface area contributed by atoms with Crippen LogP contribution in [0.15, 0.2) is 24.3 Å². The first-order valence-electron chi connectivity index (χ1n) is 8.05. The van der Waals surface area contributed by atoms with Crippen molar-refractivity contribution in [1.29, 1.82) is 0 Å². The highest BCUT2D eigenvalue weighted by molar-refractivity contribution is 6.66. The summed E-state index contributed by atoms with van der Waals surface area (Å²) in [4.78, 5) is 38.2. The minimum Gasteiger partial charge on any atom is -0.477 e. The molecule has 1 saturated carbocycles. The molecule has 1 saturated heterocycles. The molecule has 2 heterocycles. The van der Waals surface area contributed by atoms with E-state index in [1.54, 1.807) is 36.3 Å². The van der Waals surface area contributed by atoms with E-state index >= 15 is 0 Å². The highest BCUT2D eigenvalue weighted by Crippen LogP contribution is 2.46. The van der Waals surface area contributed by atoms with E-state index in [-0.39, 0.29) is 5.69 Å². The molecule has 0 atom stereocenters. The average molecular weight is 342 g/mol. The van der Waals surface area contributed by atoms with E-state index < -0.39 is 23.1 Å². The van der Waals surface area contributed by atoms with E-state index in [2.05, 4.69) is 0 Å². The van der Waals surface area contributed by atoms with Gasteiger partial charge >= 0.3 is 5.97 Å². The van der Waals surface area contributed by atoms with Crippen molar-refractivity contribution in [2.45, 2.75) is 5.54 Å². The van der Waals surface area contributed by atoms with Crippen LogP contribution < -0.4 is 5.84 Å². The summed E-state index contributed by atoms with van der Waals surface area (Å²) in [6.45, 7) is 2.12. The first kappa shape index (κ1) is 15.9. The quantitative estimate of drug-likeness (QED) is 0.448. The monoisotopic (exact) mass is 342 g/mol. The fourth-order valence-corrected chi connectivity index (χ4v) is 3.90. The number of nitrogens with two attached hydrogens (primary N) is 1. The van der Waals surface area contributed by atoms with E-state index in [9.17, 15) is 19.5 Å². The van der Waals surface area contributed by atoms with E-state index in [4.69, 9.17) is 5.84 Å². The number of aromatic nitrogens is 1. The van der Waals surface area contributed by atoms with Crippen LogP contribution in [0, 0.1) is 0 Å². The number of piperazine rings is 1. The minimum atomic E-state index is -1.30. The summed E-state index contributed by atoms with van der Waals surface area (Å²) in [5, 5.41) is 11.7. The predicted octanol–water partition coefficient (Wildman–Crippen LogP) is -0.285. The lowest BCUT2D eigenvalue weighted by atomic mass is 9.98. The summed E-state index contributed by atoms with van der Waals surface area (Å²) in [7, 11) is 1.64. The minimum absolute atomic E-state index is 0.116. The number of hydrogen-bond donors (Lipinski definition) is 2. The highest BCUT2D eigenvalue weighted by atomic mass is 16.4. The molecule has 2 fully saturated rings. The molecular weight excluding hydrogens is 324 g/mol. The molecule has 0 bridgehead atoms. The van der Waals surface area contributed by atoms with Gasteiger partial charge in [0.25, 0.3) is 0 Å². The van der Waals surface area contributed by atoms with E-state index in [1.807, 2.05) is 4.90 Å². The fourth-order valence-electron chi connectivity index (χ4n) is 3.90. The third-order valence-corrected chi connectivity index (χ3v) is 5.25. The van der Waals surface area contributed by atoms with Gasteiger partial charge in [0.2, 0.25) is 11.6 Å². The molecule has 0 amide bonds. The third-order valence-electron chi connectivity index (χ3n) is 5.25. The molecule has 1 aromatic heterocycles. The number of aromatic carboxylic acids is 1. The Morgan fingerprint density at radius 3 is 2.36 bits per heavy atom. The maximum Gasteiger partial charge on any atom is 0.352 e. The highest BCUT2D eigenvalue weighted by Gasteiger charge is 2.70. The van der Waals surface area contributed by atoms with Gasteiger partial charge in [-0.3, -0.25) is 20.3 Å². The Hall–Kier alpha value is -2.55. The van der Waals surface area contributed by atoms with Crippen molar-refractivity contribution in [3.8, 4) is 0 Å². The molecule has 1 aliphatic heterocycles. The number of benzene rings is 1. The van der Waals surface area contributed by atoms with Crippen LogP contribution in [0.3, 0.4) is 0 Å². The van der Waals surface area contributed by atoms with Crippen molar-refractivity contribution >= 4 is 28.4 Å². The first-order valence-corrected chi connectivity index (χ1v) is 8.05. The second kappa shape index (κ2) is 5.22. The Morgan fingerprint density at radius 1 is 1.16 bits per heavy atom. The maximum absolute atomic E-state index is 12.5. The van der Waals surface area contributed by atoms with Gasteiger partial charge in [0.15, 0.2) is 5.54 Å². The molecule has 1 aromatic carbocycles. The Balaban J connectivity index is 1.91. The first-order chi connectivity index (χ1) is 11.9. The van der Waals surface area contributed by atoms with Crippen molar-refractivity contribution in [2.24, 2.45) is 12.9 Å². The summed E-state index contributed by atoms with van der Waals surface area (Å²) < 4.78 is 1.53. The Bertz CT molecular complexity index is 910. The summed E-state index contributed by atoms with van der Waals surface area (Å²) in [5.41, 5.74) is -0.0254. The molecule has 0 radical (unpaired) electrons. The van der Waals surface area contributed by atoms with Crippen LogP contribution in [-0.2, 0) is 22.2 Å². The fraction of sp³-hybridized carbons (Fsp3) is 0.353. The number of ketones is 2. The number of hydrogen-bond acceptors (Lipinski definition) is 6. The molecule has 25 heavy (non-hydrogen) atoms. The normalized spacial score (nSPS) is 21.0. The molecule has 130 valence electrons. The number of carbonyl (C=O) groups excluding carboxylic acids is 2. The molecule has 2 aliphatic rings. The molecule has 8 heteroatoms. The van der Waals surface area contributed by atoms with Crippen molar-refractivity contribution in [1.82, 2.24) is 14.5 Å². The van der Waals surface area contributed by atoms with Crippen LogP contribution in [-0.4, -0.2) is 63.3 Å². The summed E-state index contributed by atoms with van der Waals surface area (Å²) in [6, 6.07) is 6.84. The third kappa shape index (κ3) is 2.02. The van der Waals surface area contributed by atoms with Gasteiger partial charge in [-0.15, -0.1) is 0 Å². The van der Waals surface area contributed by atoms with Gasteiger partial charge < -0.3 is 9.67 Å². The molecule has 0 spiro atoms. The zero-order valence-corrected chi connectivity index (χ0v) is 13.7. The van der Waals surface area contributed by atoms with Crippen LogP contribution in [0.5, 0.6) is 0 Å². The van der Waals surface area contributed by atoms with Gasteiger partial charge in [-0.05, 0) is 6.07 Å². The number of fused-ring (bicyclic) bond motifs is 1. The Morgan fingerprint density at radius 2 is 1.80 bits per heavy atom. The van der Waals surface area contributed by atoms with Gasteiger partial charge in [-0.2, -0.15) is 0 Å². The van der Waals surface area contributed by atoms with Gasteiger partial charge in [-0.1, -0.05) is 18.2 Å². The number of para-hydroxylation sites is 1. The molecule has 2 aromatic rings. The summed E-state index contributed by atoms with van der Waals surface area (Å²) >= 11 is 0. The second-order valence-corrected chi connectivity index (χ2v) is 6.53. The number of carboxylic acid groups (broad SMARTS) is 1. The maximum atomic E-state index is 12.5. The summed E-state index contributed by atoms with van der Waals surface area (Å²) in [5.74, 6) is 3.85. The van der Waals surface area contributed by atoms with E-state index in [1.165, 1.54) is 4.57 Å². The number of nitrogens with zero attached hydrogens (tertiary/aromatic N) is 3. The number of hydrazine groups is 1. The topological polar surface area (TPSA) is 109 Å². The lowest BCUT2D eigenvalue weighted by Crippen LogP contribution is -2.54. The largest absolute Gasteiger partial charge is 0.477 e. The van der Waals surface area contributed by atoms with Crippen LogP contribution in [0.4, 0.5) is 0 Å². The molecule has 4 rings (SSSR count). The second-order valence-electron chi connectivity index (χ2n) is 6.53. The molecule has 0 unspecified atom stereocenters. The van der Waals surface area contributed by atoms with Crippen molar-refractivity contribution in [2.75, 3.05) is 26.2 Å². The van der Waals surface area contributed by atoms with Crippen LogP contribution in [0.2, 0.25) is 0 Å². The number of aryl methyl sites for hydroxylation is 1. The SMILES string of the molecule is Cn1c(C(=O)O)cc2cccc(C3(N4CCN(N)CC4)C(=O)C3=O)c21. The van der Waals surface area contributed by atoms with Gasteiger partial charge in [-0.25, -0.2) is 9.80 Å². The van der Waals surface area contributed by atoms with Gasteiger partial charge in [0.1, 0.15) is 5.69 Å². The molecular formula is C17H18N4O4. The Labute approximate surface area is 143 Å². The molecule has 3 N–H and O–H groups in total. The van der Waals surface area contributed by atoms with E-state index in [0.29, 0.717) is 42.6 Å². The van der Waals surface area contributed by atoms with E-state index in [0.717, 1.165) is 0 Å². The van der Waals surface area contributed by atoms with Crippen molar-refractivity contribution < 1.29 is 19.5 Å². The number of Topliss-reactive ketones (excluding diaryl/α,β-unsaturated/α-hetero) is 2. The predicted molar refractivity (Wildman–Crippen MR) is 88.9 cm³/mol. The Kier molecular flexibility index (Phi) is 3.33.